The van der Waals surface area contributed by atoms with Crippen molar-refractivity contribution in [1.82, 2.24) is 30.5 Å². The van der Waals surface area contributed by atoms with Crippen molar-refractivity contribution in [2.24, 2.45) is 17.0 Å². The molecule has 1 saturated heterocycles. The molecule has 0 radical (unpaired) electrons. The number of hydrogen-bond donors (Lipinski definition) is 3. The molecule has 1 fully saturated rings. The molecule has 3 heterocycles. The van der Waals surface area contributed by atoms with Crippen molar-refractivity contribution in [3.63, 3.8) is 0 Å². The number of esters is 2. The Morgan fingerprint density at radius 3 is 1.52 bits per heavy atom. The fourth-order valence-corrected chi connectivity index (χ4v) is 8.81. The second-order valence-electron chi connectivity index (χ2n) is 21.9. The summed E-state index contributed by atoms with van der Waals surface area (Å²) in [5.74, 6) is -3.25. The number of likely N-dealkylation sites (tertiary alicyclic amines) is 1. The lowest BCUT2D eigenvalue weighted by Gasteiger charge is -2.39. The van der Waals surface area contributed by atoms with Crippen molar-refractivity contribution >= 4 is 47.1 Å². The molecule has 20 nitrogen and oxygen atoms in total. The van der Waals surface area contributed by atoms with Crippen LogP contribution in [0.5, 0.6) is 0 Å². The minimum absolute atomic E-state index is 0.0836. The number of carbonyl (C=O) groups is 5. The standard InChI is InChI=1S/C55H69N9O11/c1-32(2)39(60-49(67)73-52(5,6)7)47(65)71-44-38(30-70-55(34-23-17-14-18-24-34,35-25-19-15-20-26-35)36-27-21-16-22-28-36)64(51(69)75-54(11,12)13)43(37-29-57-42-41(37)58-31-59-46(42)62-63-56)45(44)72-48(66)40(33(3)4)61-50(68)74-53(8,9)10/h14-29,31-33,38-40,43-45,57H,30H2,1-13H3,(H,60,67)(H,61,68)/t38-,39+,40+,43+,44-,45+/m1/s1. The third-order valence-electron chi connectivity index (χ3n) is 11.9. The van der Waals surface area contributed by atoms with Crippen LogP contribution in [0.1, 0.15) is 118 Å². The van der Waals surface area contributed by atoms with Crippen molar-refractivity contribution < 1.29 is 52.4 Å². The molecular formula is C55H69N9O11. The second kappa shape index (κ2) is 23.2. The minimum Gasteiger partial charge on any atom is -0.454 e. The number of ether oxygens (including phenoxy) is 6. The fraction of sp³-hybridized carbons (Fsp3) is 0.473. The van der Waals surface area contributed by atoms with Gasteiger partial charge in [-0.1, -0.05) is 119 Å². The molecule has 6 atom stereocenters. The van der Waals surface area contributed by atoms with Gasteiger partial charge < -0.3 is 44.0 Å². The topological polar surface area (TPSA) is 258 Å². The summed E-state index contributed by atoms with van der Waals surface area (Å²) in [5, 5.41) is 9.05. The van der Waals surface area contributed by atoms with Crippen LogP contribution in [0, 0.1) is 11.8 Å². The summed E-state index contributed by atoms with van der Waals surface area (Å²) in [4.78, 5) is 88.3. The van der Waals surface area contributed by atoms with Gasteiger partial charge in [0.2, 0.25) is 0 Å². The van der Waals surface area contributed by atoms with E-state index in [1.54, 1.807) is 90.0 Å². The summed E-state index contributed by atoms with van der Waals surface area (Å²) in [6, 6.07) is 22.8. The van der Waals surface area contributed by atoms with E-state index in [4.69, 9.17) is 28.4 Å². The van der Waals surface area contributed by atoms with E-state index in [0.717, 1.165) is 0 Å². The number of amides is 3. The molecule has 0 bridgehead atoms. The summed E-state index contributed by atoms with van der Waals surface area (Å²) in [7, 11) is 0. The number of hydrogen-bond acceptors (Lipinski definition) is 14. The highest BCUT2D eigenvalue weighted by atomic mass is 16.6. The molecule has 75 heavy (non-hydrogen) atoms. The first kappa shape index (κ1) is 56.6. The molecule has 0 unspecified atom stereocenters. The van der Waals surface area contributed by atoms with Crippen LogP contribution in [-0.2, 0) is 43.6 Å². The number of fused-ring (bicyclic) bond motifs is 1. The number of nitrogens with one attached hydrogen (secondary N) is 3. The highest BCUT2D eigenvalue weighted by Crippen LogP contribution is 2.47. The van der Waals surface area contributed by atoms with Crippen LogP contribution in [0.4, 0.5) is 20.2 Å². The van der Waals surface area contributed by atoms with Gasteiger partial charge in [0.05, 0.1) is 17.6 Å². The maximum atomic E-state index is 15.4. The van der Waals surface area contributed by atoms with E-state index in [9.17, 15) is 15.1 Å². The Kier molecular flexibility index (Phi) is 17.5. The number of alkyl carbamates (subject to hydrolysis) is 2. The van der Waals surface area contributed by atoms with E-state index in [0.29, 0.717) is 16.7 Å². The highest BCUT2D eigenvalue weighted by molar-refractivity contribution is 5.88. The number of aromatic amines is 1. The third kappa shape index (κ3) is 13.7. The molecule has 3 amide bonds. The lowest BCUT2D eigenvalue weighted by Crippen LogP contribution is -2.53. The number of benzene rings is 3. The zero-order chi connectivity index (χ0) is 55.0. The normalized spacial score (nSPS) is 17.9. The van der Waals surface area contributed by atoms with Gasteiger partial charge >= 0.3 is 30.2 Å². The molecule has 0 spiro atoms. The largest absolute Gasteiger partial charge is 0.454 e. The predicted molar refractivity (Wildman–Crippen MR) is 278 cm³/mol. The maximum absolute atomic E-state index is 15.4. The first-order chi connectivity index (χ1) is 35.2. The minimum atomic E-state index is -1.67. The van der Waals surface area contributed by atoms with E-state index < -0.39 is 107 Å². The molecule has 3 N–H and O–H groups in total. The zero-order valence-electron chi connectivity index (χ0n) is 44.8. The Labute approximate surface area is 437 Å². The molecular weight excluding hydrogens is 963 g/mol. The summed E-state index contributed by atoms with van der Waals surface area (Å²) in [6.45, 7) is 21.4. The summed E-state index contributed by atoms with van der Waals surface area (Å²) >= 11 is 0. The number of azide groups is 1. The van der Waals surface area contributed by atoms with Gasteiger partial charge in [-0.2, -0.15) is 0 Å². The van der Waals surface area contributed by atoms with Crippen LogP contribution < -0.4 is 10.6 Å². The SMILES string of the molecule is CC(C)[C@H](NC(=O)OC(C)(C)C)C(=O)O[C@@H]1[C@H](OC(=O)[C@@H](NC(=O)OC(C)(C)C)C(C)C)[C@@H](COC(c2ccccc2)(c2ccccc2)c2ccccc2)N(C(=O)OC(C)(C)C)[C@H]1c1c[nH]c2c(N=[N+]=[N-])ncnc12. The molecule has 3 aromatic carbocycles. The molecule has 6 rings (SSSR count). The van der Waals surface area contributed by atoms with E-state index in [1.807, 2.05) is 91.0 Å². The first-order valence-electron chi connectivity index (χ1n) is 24.8. The average molecular weight is 1030 g/mol. The predicted octanol–water partition coefficient (Wildman–Crippen LogP) is 10.5. The van der Waals surface area contributed by atoms with Gasteiger partial charge in [0.1, 0.15) is 52.9 Å². The summed E-state index contributed by atoms with van der Waals surface area (Å²) in [6.07, 6.45) is -3.42. The van der Waals surface area contributed by atoms with Gasteiger partial charge in [0, 0.05) is 16.7 Å². The van der Waals surface area contributed by atoms with Crippen LogP contribution in [0.25, 0.3) is 21.5 Å². The number of nitrogens with zero attached hydrogens (tertiary/aromatic N) is 6. The van der Waals surface area contributed by atoms with E-state index in [-0.39, 0.29) is 22.4 Å². The number of H-pyrrole nitrogens is 1. The van der Waals surface area contributed by atoms with Crippen molar-refractivity contribution in [3.8, 4) is 0 Å². The average Bonchev–Trinajstić information content (AvgIpc) is 3.88. The zero-order valence-corrected chi connectivity index (χ0v) is 44.8. The van der Waals surface area contributed by atoms with E-state index >= 15 is 14.4 Å². The van der Waals surface area contributed by atoms with Crippen molar-refractivity contribution in [1.29, 1.82) is 0 Å². The Balaban J connectivity index is 1.65. The summed E-state index contributed by atoms with van der Waals surface area (Å²) in [5.41, 5.74) is 7.70. The number of rotatable bonds is 16. The number of aromatic nitrogens is 3. The van der Waals surface area contributed by atoms with Crippen LogP contribution in [0.3, 0.4) is 0 Å². The second-order valence-corrected chi connectivity index (χ2v) is 21.9. The Morgan fingerprint density at radius 1 is 0.667 bits per heavy atom. The van der Waals surface area contributed by atoms with Gasteiger partial charge in [0.25, 0.3) is 0 Å². The van der Waals surface area contributed by atoms with E-state index in [2.05, 4.69) is 35.6 Å². The molecule has 0 aliphatic carbocycles. The van der Waals surface area contributed by atoms with Crippen molar-refractivity contribution in [2.45, 2.75) is 149 Å². The number of carbonyl (C=O) groups excluding carboxylic acids is 5. The molecule has 0 saturated carbocycles. The maximum Gasteiger partial charge on any atom is 0.411 e. The molecule has 1 aliphatic heterocycles. The van der Waals surface area contributed by atoms with Crippen LogP contribution in [-0.4, -0.2) is 104 Å². The molecule has 20 heteroatoms. The Bertz CT molecular complexity index is 2740. The smallest absolute Gasteiger partial charge is 0.411 e. The summed E-state index contributed by atoms with van der Waals surface area (Å²) < 4.78 is 38.0. The lowest BCUT2D eigenvalue weighted by molar-refractivity contribution is -0.172. The van der Waals surface area contributed by atoms with Crippen LogP contribution in [0.2, 0.25) is 0 Å². The van der Waals surface area contributed by atoms with Gasteiger partial charge in [0.15, 0.2) is 18.0 Å². The van der Waals surface area contributed by atoms with Crippen molar-refractivity contribution in [2.75, 3.05) is 6.61 Å². The van der Waals surface area contributed by atoms with Crippen LogP contribution in [0.15, 0.2) is 109 Å². The Hall–Kier alpha value is -7.70. The fourth-order valence-electron chi connectivity index (χ4n) is 8.81. The van der Waals surface area contributed by atoms with Gasteiger partial charge in [-0.3, -0.25) is 4.90 Å². The molecule has 5 aromatic rings. The molecule has 400 valence electrons. The first-order valence-corrected chi connectivity index (χ1v) is 24.8. The monoisotopic (exact) mass is 1030 g/mol. The van der Waals surface area contributed by atoms with E-state index in [1.165, 1.54) is 17.4 Å². The molecule has 2 aromatic heterocycles. The van der Waals surface area contributed by atoms with Gasteiger partial charge in [-0.05, 0) is 101 Å². The van der Waals surface area contributed by atoms with Crippen molar-refractivity contribution in [3.05, 3.63) is 136 Å². The third-order valence-corrected chi connectivity index (χ3v) is 11.9. The quantitative estimate of drug-likeness (QED) is 0.0208. The molecule has 1 aliphatic rings. The highest BCUT2D eigenvalue weighted by Gasteiger charge is 2.59. The van der Waals surface area contributed by atoms with Crippen LogP contribution >= 0.6 is 0 Å². The van der Waals surface area contributed by atoms with Gasteiger partial charge in [-0.15, -0.1) is 0 Å². The van der Waals surface area contributed by atoms with Gasteiger partial charge in [-0.25, -0.2) is 33.9 Å². The lowest BCUT2D eigenvalue weighted by atomic mass is 9.80. The Morgan fingerprint density at radius 2 is 1.11 bits per heavy atom.